The van der Waals surface area contributed by atoms with Crippen molar-refractivity contribution < 1.29 is 20.4 Å². The van der Waals surface area contributed by atoms with Crippen LogP contribution in [0, 0.1) is 0 Å². The number of rotatable bonds is 9. The number of nitrogens with zero attached hydrogens (tertiary/aromatic N) is 1. The molecule has 2 aromatic rings. The number of likely N-dealkylation sites (N-methyl/N-ethyl adjacent to an activating group) is 1. The van der Waals surface area contributed by atoms with Crippen LogP contribution in [0.5, 0.6) is 0 Å². The summed E-state index contributed by atoms with van der Waals surface area (Å²) < 4.78 is 0. The van der Waals surface area contributed by atoms with Gasteiger partial charge < -0.3 is 20.4 Å². The fourth-order valence-corrected chi connectivity index (χ4v) is 2.81. The summed E-state index contributed by atoms with van der Waals surface area (Å²) in [7, 11) is 1.84. The van der Waals surface area contributed by atoms with Gasteiger partial charge in [-0.3, -0.25) is 4.90 Å². The van der Waals surface area contributed by atoms with Gasteiger partial charge in [-0.2, -0.15) is 0 Å². The third-order valence-electron chi connectivity index (χ3n) is 4.35. The van der Waals surface area contributed by atoms with Gasteiger partial charge in [0.25, 0.3) is 0 Å². The molecule has 0 aliphatic carbocycles. The van der Waals surface area contributed by atoms with Crippen LogP contribution in [-0.4, -0.2) is 63.3 Å². The molecule has 0 aromatic heterocycles. The van der Waals surface area contributed by atoms with Crippen LogP contribution in [0.25, 0.3) is 6.08 Å². The lowest BCUT2D eigenvalue weighted by molar-refractivity contribution is -0.0937. The van der Waals surface area contributed by atoms with Crippen LogP contribution in [0.4, 0.5) is 0 Å². The Bertz CT molecular complexity index is 662. The van der Waals surface area contributed by atoms with Crippen LogP contribution >= 0.6 is 0 Å². The van der Waals surface area contributed by atoms with Gasteiger partial charge in [0.15, 0.2) is 0 Å². The van der Waals surface area contributed by atoms with Crippen LogP contribution in [0.15, 0.2) is 66.7 Å². The number of hydrogen-bond donors (Lipinski definition) is 4. The van der Waals surface area contributed by atoms with E-state index in [1.165, 1.54) is 0 Å². The van der Waals surface area contributed by atoms with Crippen molar-refractivity contribution in [2.24, 2.45) is 0 Å². The molecular formula is C21H27NO4. The molecule has 2 aromatic carbocycles. The quantitative estimate of drug-likeness (QED) is 0.543. The third kappa shape index (κ3) is 5.76. The van der Waals surface area contributed by atoms with E-state index in [9.17, 15) is 15.3 Å². The first-order valence-corrected chi connectivity index (χ1v) is 8.65. The predicted molar refractivity (Wildman–Crippen MR) is 102 cm³/mol. The largest absolute Gasteiger partial charge is 0.394 e. The fraction of sp³-hybridized carbons (Fsp3) is 0.333. The molecule has 0 bridgehead atoms. The lowest BCUT2D eigenvalue weighted by Gasteiger charge is -2.33. The van der Waals surface area contributed by atoms with Gasteiger partial charge in [0.1, 0.15) is 18.3 Å². The summed E-state index contributed by atoms with van der Waals surface area (Å²) in [5, 5.41) is 39.5. The second-order valence-corrected chi connectivity index (χ2v) is 6.39. The van der Waals surface area contributed by atoms with Crippen molar-refractivity contribution in [1.82, 2.24) is 4.90 Å². The molecule has 4 N–H and O–H groups in total. The molecule has 4 unspecified atom stereocenters. The standard InChI is InChI=1S/C21H27NO4/c1-22(14-17-10-6-3-7-11-17)18(20(25)21(26)19(24)15-23)13-12-16-8-4-2-5-9-16/h2-13,18-21,23-26H,14-15H2,1H3. The summed E-state index contributed by atoms with van der Waals surface area (Å²) in [4.78, 5) is 1.90. The molecule has 140 valence electrons. The maximum absolute atomic E-state index is 10.6. The van der Waals surface area contributed by atoms with E-state index in [-0.39, 0.29) is 0 Å². The molecule has 4 atom stereocenters. The Kier molecular flexibility index (Phi) is 7.97. The van der Waals surface area contributed by atoms with E-state index in [0.717, 1.165) is 11.1 Å². The molecule has 5 nitrogen and oxygen atoms in total. The van der Waals surface area contributed by atoms with Crippen molar-refractivity contribution in [2.45, 2.75) is 30.9 Å². The van der Waals surface area contributed by atoms with E-state index in [1.54, 1.807) is 6.08 Å². The van der Waals surface area contributed by atoms with E-state index in [2.05, 4.69) is 0 Å². The SMILES string of the molecule is CN(Cc1ccccc1)C(C=Cc1ccccc1)C(O)C(O)C(O)CO. The minimum atomic E-state index is -1.45. The smallest absolute Gasteiger partial charge is 0.110 e. The number of aliphatic hydroxyl groups excluding tert-OH is 4. The van der Waals surface area contributed by atoms with Gasteiger partial charge in [-0.1, -0.05) is 72.8 Å². The Labute approximate surface area is 154 Å². The molecule has 0 amide bonds. The van der Waals surface area contributed by atoms with Gasteiger partial charge in [0, 0.05) is 6.54 Å². The van der Waals surface area contributed by atoms with Gasteiger partial charge in [-0.15, -0.1) is 0 Å². The molecule has 2 rings (SSSR count). The summed E-state index contributed by atoms with van der Waals surface area (Å²) in [5.74, 6) is 0. The maximum Gasteiger partial charge on any atom is 0.110 e. The Morgan fingerprint density at radius 1 is 0.885 bits per heavy atom. The Morgan fingerprint density at radius 3 is 2.04 bits per heavy atom. The van der Waals surface area contributed by atoms with Crippen molar-refractivity contribution in [3.05, 3.63) is 77.9 Å². The van der Waals surface area contributed by atoms with Crippen molar-refractivity contribution in [2.75, 3.05) is 13.7 Å². The van der Waals surface area contributed by atoms with Crippen LogP contribution in [0.3, 0.4) is 0 Å². The number of benzene rings is 2. The highest BCUT2D eigenvalue weighted by Crippen LogP contribution is 2.16. The van der Waals surface area contributed by atoms with Gasteiger partial charge in [0.05, 0.1) is 12.6 Å². The molecule has 26 heavy (non-hydrogen) atoms. The fourth-order valence-electron chi connectivity index (χ4n) is 2.81. The minimum Gasteiger partial charge on any atom is -0.394 e. The Hall–Kier alpha value is -2.02. The molecule has 0 radical (unpaired) electrons. The van der Waals surface area contributed by atoms with E-state index in [4.69, 9.17) is 5.11 Å². The molecular weight excluding hydrogens is 330 g/mol. The summed E-state index contributed by atoms with van der Waals surface area (Å²) in [6.07, 6.45) is -0.443. The minimum absolute atomic E-state index is 0.549. The lowest BCUT2D eigenvalue weighted by Crippen LogP contribution is -2.50. The maximum atomic E-state index is 10.6. The Balaban J connectivity index is 2.20. The second-order valence-electron chi connectivity index (χ2n) is 6.39. The van der Waals surface area contributed by atoms with Crippen LogP contribution in [0.1, 0.15) is 11.1 Å². The summed E-state index contributed by atoms with van der Waals surface area (Å²) in [5.41, 5.74) is 2.03. The molecule has 0 spiro atoms. The first kappa shape index (κ1) is 20.3. The average molecular weight is 357 g/mol. The zero-order chi connectivity index (χ0) is 18.9. The second kappa shape index (κ2) is 10.2. The zero-order valence-corrected chi connectivity index (χ0v) is 14.9. The molecule has 0 aliphatic rings. The molecule has 0 fully saturated rings. The van der Waals surface area contributed by atoms with Gasteiger partial charge in [-0.05, 0) is 18.2 Å². The summed E-state index contributed by atoms with van der Waals surface area (Å²) in [6, 6.07) is 18.9. The van der Waals surface area contributed by atoms with Crippen molar-refractivity contribution in [1.29, 1.82) is 0 Å². The number of aliphatic hydroxyl groups is 4. The van der Waals surface area contributed by atoms with E-state index < -0.39 is 31.0 Å². The molecule has 5 heteroatoms. The molecule has 0 aliphatic heterocycles. The molecule has 0 saturated heterocycles. The van der Waals surface area contributed by atoms with Crippen molar-refractivity contribution >= 4 is 6.08 Å². The van der Waals surface area contributed by atoms with E-state index in [1.807, 2.05) is 78.7 Å². The lowest BCUT2D eigenvalue weighted by atomic mass is 9.98. The number of hydrogen-bond acceptors (Lipinski definition) is 5. The van der Waals surface area contributed by atoms with Crippen LogP contribution < -0.4 is 0 Å². The third-order valence-corrected chi connectivity index (χ3v) is 4.35. The van der Waals surface area contributed by atoms with Gasteiger partial charge in [0.2, 0.25) is 0 Å². The van der Waals surface area contributed by atoms with E-state index >= 15 is 0 Å². The predicted octanol–water partition coefficient (Wildman–Crippen LogP) is 1.28. The van der Waals surface area contributed by atoms with Crippen LogP contribution in [-0.2, 0) is 6.54 Å². The summed E-state index contributed by atoms with van der Waals surface area (Å²) in [6.45, 7) is -0.0562. The first-order chi connectivity index (χ1) is 12.5. The monoisotopic (exact) mass is 357 g/mol. The average Bonchev–Trinajstić information content (AvgIpc) is 2.68. The normalized spacial score (nSPS) is 16.5. The highest BCUT2D eigenvalue weighted by Gasteiger charge is 2.32. The van der Waals surface area contributed by atoms with Crippen molar-refractivity contribution in [3.8, 4) is 0 Å². The first-order valence-electron chi connectivity index (χ1n) is 8.65. The topological polar surface area (TPSA) is 84.2 Å². The van der Waals surface area contributed by atoms with Crippen LogP contribution in [0.2, 0.25) is 0 Å². The highest BCUT2D eigenvalue weighted by atomic mass is 16.4. The zero-order valence-electron chi connectivity index (χ0n) is 14.9. The molecule has 0 heterocycles. The van der Waals surface area contributed by atoms with Gasteiger partial charge in [-0.25, -0.2) is 0 Å². The van der Waals surface area contributed by atoms with Gasteiger partial charge >= 0.3 is 0 Å². The Morgan fingerprint density at radius 2 is 1.46 bits per heavy atom. The van der Waals surface area contributed by atoms with Crippen molar-refractivity contribution in [3.63, 3.8) is 0 Å². The summed E-state index contributed by atoms with van der Waals surface area (Å²) >= 11 is 0. The molecule has 0 saturated carbocycles. The van der Waals surface area contributed by atoms with E-state index in [0.29, 0.717) is 6.54 Å². The highest BCUT2D eigenvalue weighted by molar-refractivity contribution is 5.49.